The number of aromatic amines is 1. The van der Waals surface area contributed by atoms with E-state index in [2.05, 4.69) is 15.3 Å². The number of aromatic nitrogens is 2. The molecule has 1 amide bonds. The minimum atomic E-state index is -0.298. The molecule has 0 saturated heterocycles. The lowest BCUT2D eigenvalue weighted by molar-refractivity contribution is 0.0938. The predicted octanol–water partition coefficient (Wildman–Crippen LogP) is 2.57. The molecule has 19 heavy (non-hydrogen) atoms. The minimum Gasteiger partial charge on any atom is -0.506 e. The second kappa shape index (κ2) is 5.32. The molecule has 100 valence electrons. The van der Waals surface area contributed by atoms with Crippen LogP contribution in [0.25, 0.3) is 0 Å². The average Bonchev–Trinajstić information content (AvgIpc) is 2.79. The quantitative estimate of drug-likeness (QED) is 0.808. The number of halogens is 1. The number of amides is 1. The van der Waals surface area contributed by atoms with Crippen molar-refractivity contribution in [2.45, 2.75) is 19.9 Å². The summed E-state index contributed by atoms with van der Waals surface area (Å²) in [7, 11) is 0. The van der Waals surface area contributed by atoms with E-state index in [0.717, 1.165) is 5.69 Å². The van der Waals surface area contributed by atoms with Gasteiger partial charge in [0.1, 0.15) is 11.6 Å². The van der Waals surface area contributed by atoms with E-state index in [1.165, 1.54) is 12.1 Å². The second-order valence-electron chi connectivity index (χ2n) is 4.31. The molecule has 0 aliphatic carbocycles. The largest absolute Gasteiger partial charge is 0.506 e. The van der Waals surface area contributed by atoms with Gasteiger partial charge in [0.2, 0.25) is 0 Å². The second-order valence-corrected chi connectivity index (χ2v) is 4.72. The van der Waals surface area contributed by atoms with Gasteiger partial charge in [-0.15, -0.1) is 0 Å². The SMILES string of the molecule is Cc1cnc(C(C)NC(=O)c2ccc(Cl)c(O)c2)[nH]1. The van der Waals surface area contributed by atoms with Gasteiger partial charge in [-0.1, -0.05) is 11.6 Å². The van der Waals surface area contributed by atoms with E-state index >= 15 is 0 Å². The number of carbonyl (C=O) groups is 1. The molecule has 1 atom stereocenters. The number of H-pyrrole nitrogens is 1. The van der Waals surface area contributed by atoms with Crippen molar-refractivity contribution in [3.8, 4) is 5.75 Å². The molecule has 2 rings (SSSR count). The molecule has 3 N–H and O–H groups in total. The van der Waals surface area contributed by atoms with E-state index < -0.39 is 0 Å². The van der Waals surface area contributed by atoms with Gasteiger partial charge >= 0.3 is 0 Å². The standard InChI is InChI=1S/C13H14ClN3O2/c1-7-6-15-12(16-7)8(2)17-13(19)9-3-4-10(14)11(18)5-9/h3-6,8,18H,1-2H3,(H,15,16)(H,17,19). The Morgan fingerprint density at radius 3 is 2.84 bits per heavy atom. The van der Waals surface area contributed by atoms with E-state index in [4.69, 9.17) is 11.6 Å². The highest BCUT2D eigenvalue weighted by Crippen LogP contribution is 2.23. The van der Waals surface area contributed by atoms with Crippen LogP contribution in [-0.2, 0) is 0 Å². The van der Waals surface area contributed by atoms with Crippen molar-refractivity contribution in [1.82, 2.24) is 15.3 Å². The number of rotatable bonds is 3. The summed E-state index contributed by atoms with van der Waals surface area (Å²) in [4.78, 5) is 19.2. The summed E-state index contributed by atoms with van der Waals surface area (Å²) in [6.07, 6.45) is 1.70. The summed E-state index contributed by atoms with van der Waals surface area (Å²) >= 11 is 5.69. The Balaban J connectivity index is 2.10. The Hall–Kier alpha value is -2.01. The highest BCUT2D eigenvalue weighted by Gasteiger charge is 2.14. The summed E-state index contributed by atoms with van der Waals surface area (Å²) in [5.74, 6) is 0.272. The van der Waals surface area contributed by atoms with Gasteiger partial charge in [-0.05, 0) is 32.0 Å². The molecular weight excluding hydrogens is 266 g/mol. The van der Waals surface area contributed by atoms with Crippen LogP contribution in [0.2, 0.25) is 5.02 Å². The molecule has 5 nitrogen and oxygen atoms in total. The van der Waals surface area contributed by atoms with Gasteiger partial charge in [-0.25, -0.2) is 4.98 Å². The molecule has 0 spiro atoms. The summed E-state index contributed by atoms with van der Waals surface area (Å²) in [6.45, 7) is 3.72. The van der Waals surface area contributed by atoms with Crippen LogP contribution in [0, 0.1) is 6.92 Å². The normalized spacial score (nSPS) is 12.2. The van der Waals surface area contributed by atoms with E-state index in [1.54, 1.807) is 12.3 Å². The monoisotopic (exact) mass is 279 g/mol. The fourth-order valence-corrected chi connectivity index (χ4v) is 1.77. The molecule has 1 aromatic heterocycles. The lowest BCUT2D eigenvalue weighted by Gasteiger charge is -2.11. The highest BCUT2D eigenvalue weighted by atomic mass is 35.5. The molecule has 6 heteroatoms. The number of benzene rings is 1. The zero-order chi connectivity index (χ0) is 14.0. The van der Waals surface area contributed by atoms with E-state index in [1.807, 2.05) is 13.8 Å². The number of hydrogen-bond donors (Lipinski definition) is 3. The van der Waals surface area contributed by atoms with Crippen LogP contribution in [0.1, 0.15) is 34.8 Å². The molecule has 0 radical (unpaired) electrons. The van der Waals surface area contributed by atoms with Gasteiger partial charge < -0.3 is 15.4 Å². The molecule has 0 aliphatic rings. The van der Waals surface area contributed by atoms with Crippen molar-refractivity contribution in [3.63, 3.8) is 0 Å². The number of nitrogens with one attached hydrogen (secondary N) is 2. The smallest absolute Gasteiger partial charge is 0.251 e. The third kappa shape index (κ3) is 3.06. The van der Waals surface area contributed by atoms with Gasteiger partial charge in [0.15, 0.2) is 0 Å². The molecule has 0 saturated carbocycles. The van der Waals surface area contributed by atoms with Crippen LogP contribution in [0.15, 0.2) is 24.4 Å². The first kappa shape index (κ1) is 13.4. The maximum absolute atomic E-state index is 12.0. The van der Waals surface area contributed by atoms with Crippen LogP contribution >= 0.6 is 11.6 Å². The van der Waals surface area contributed by atoms with Gasteiger partial charge in [-0.3, -0.25) is 4.79 Å². The van der Waals surface area contributed by atoms with Crippen LogP contribution < -0.4 is 5.32 Å². The van der Waals surface area contributed by atoms with Crippen molar-refractivity contribution in [2.24, 2.45) is 0 Å². The first-order chi connectivity index (χ1) is 8.97. The van der Waals surface area contributed by atoms with Crippen molar-refractivity contribution >= 4 is 17.5 Å². The Morgan fingerprint density at radius 1 is 1.53 bits per heavy atom. The van der Waals surface area contributed by atoms with Crippen LogP contribution in [-0.4, -0.2) is 21.0 Å². The van der Waals surface area contributed by atoms with E-state index in [9.17, 15) is 9.90 Å². The van der Waals surface area contributed by atoms with Gasteiger partial charge in [0, 0.05) is 17.5 Å². The van der Waals surface area contributed by atoms with Crippen molar-refractivity contribution in [2.75, 3.05) is 0 Å². The van der Waals surface area contributed by atoms with Crippen LogP contribution in [0.3, 0.4) is 0 Å². The molecule has 1 aromatic carbocycles. The molecule has 0 fully saturated rings. The molecule has 1 unspecified atom stereocenters. The number of aromatic hydroxyl groups is 1. The summed E-state index contributed by atoms with van der Waals surface area (Å²) in [5, 5.41) is 12.5. The average molecular weight is 280 g/mol. The molecule has 0 aliphatic heterocycles. The molecular formula is C13H14ClN3O2. The van der Waals surface area contributed by atoms with E-state index in [-0.39, 0.29) is 22.7 Å². The van der Waals surface area contributed by atoms with Gasteiger partial charge in [0.25, 0.3) is 5.91 Å². The van der Waals surface area contributed by atoms with Crippen molar-refractivity contribution < 1.29 is 9.90 Å². The Bertz CT molecular complexity index is 610. The lowest BCUT2D eigenvalue weighted by atomic mass is 10.2. The summed E-state index contributed by atoms with van der Waals surface area (Å²) in [5.41, 5.74) is 1.28. The fourth-order valence-electron chi connectivity index (χ4n) is 1.66. The zero-order valence-electron chi connectivity index (χ0n) is 10.6. The maximum atomic E-state index is 12.0. The van der Waals surface area contributed by atoms with Crippen molar-refractivity contribution in [3.05, 3.63) is 46.5 Å². The number of hydrogen-bond acceptors (Lipinski definition) is 3. The predicted molar refractivity (Wildman–Crippen MR) is 72.3 cm³/mol. The fraction of sp³-hybridized carbons (Fsp3) is 0.231. The molecule has 2 aromatic rings. The first-order valence-electron chi connectivity index (χ1n) is 5.78. The van der Waals surface area contributed by atoms with Gasteiger partial charge in [-0.2, -0.15) is 0 Å². The number of aryl methyl sites for hydroxylation is 1. The van der Waals surface area contributed by atoms with Crippen LogP contribution in [0.4, 0.5) is 0 Å². The maximum Gasteiger partial charge on any atom is 0.251 e. The third-order valence-electron chi connectivity index (χ3n) is 2.69. The van der Waals surface area contributed by atoms with Crippen molar-refractivity contribution in [1.29, 1.82) is 0 Å². The van der Waals surface area contributed by atoms with Gasteiger partial charge in [0.05, 0.1) is 11.1 Å². The number of phenolic OH excluding ortho intramolecular Hbond substituents is 1. The summed E-state index contributed by atoms with van der Waals surface area (Å²) in [6, 6.07) is 4.11. The summed E-state index contributed by atoms with van der Waals surface area (Å²) < 4.78 is 0. The number of carbonyl (C=O) groups excluding carboxylic acids is 1. The molecule has 1 heterocycles. The lowest BCUT2D eigenvalue weighted by Crippen LogP contribution is -2.27. The zero-order valence-corrected chi connectivity index (χ0v) is 11.3. The third-order valence-corrected chi connectivity index (χ3v) is 3.01. The van der Waals surface area contributed by atoms with Crippen LogP contribution in [0.5, 0.6) is 5.75 Å². The number of phenols is 1. The Morgan fingerprint density at radius 2 is 2.26 bits per heavy atom. The number of imidazole rings is 1. The first-order valence-corrected chi connectivity index (χ1v) is 6.16. The highest BCUT2D eigenvalue weighted by molar-refractivity contribution is 6.32. The Kier molecular flexibility index (Phi) is 3.76. The minimum absolute atomic E-state index is 0.115. The Labute approximate surface area is 115 Å². The molecule has 0 bridgehead atoms. The van der Waals surface area contributed by atoms with E-state index in [0.29, 0.717) is 11.4 Å². The topological polar surface area (TPSA) is 78.0 Å². The number of nitrogens with zero attached hydrogens (tertiary/aromatic N) is 1.